The predicted octanol–water partition coefficient (Wildman–Crippen LogP) is 2.97. The Bertz CT molecular complexity index is 372. The normalized spacial score (nSPS) is 20.7. The van der Waals surface area contributed by atoms with E-state index in [1.165, 1.54) is 18.4 Å². The molecule has 1 aliphatic carbocycles. The molecule has 2 nitrogen and oxygen atoms in total. The third kappa shape index (κ3) is 2.32. The van der Waals surface area contributed by atoms with Crippen LogP contribution in [0.5, 0.6) is 5.75 Å². The zero-order chi connectivity index (χ0) is 12.5. The first-order valence-electron chi connectivity index (χ1n) is 6.31. The highest BCUT2D eigenvalue weighted by Crippen LogP contribution is 2.55. The summed E-state index contributed by atoms with van der Waals surface area (Å²) in [6, 6.07) is 8.56. The van der Waals surface area contributed by atoms with E-state index in [2.05, 4.69) is 43.4 Å². The molecule has 0 radical (unpaired) electrons. The highest BCUT2D eigenvalue weighted by atomic mass is 16.5. The van der Waals surface area contributed by atoms with E-state index in [-0.39, 0.29) is 0 Å². The summed E-state index contributed by atoms with van der Waals surface area (Å²) >= 11 is 0. The standard InChI is InChI=1S/C15H23NO/c1-14(2)9-15(10-14,11-16-3)12-5-7-13(17-4)8-6-12/h5-8,16H,9-11H2,1-4H3. The summed E-state index contributed by atoms with van der Waals surface area (Å²) in [7, 11) is 3.75. The number of methoxy groups -OCH3 is 1. The first-order valence-corrected chi connectivity index (χ1v) is 6.31. The van der Waals surface area contributed by atoms with Gasteiger partial charge >= 0.3 is 0 Å². The molecule has 0 amide bonds. The molecule has 1 aliphatic rings. The van der Waals surface area contributed by atoms with Gasteiger partial charge in [-0.1, -0.05) is 26.0 Å². The Hall–Kier alpha value is -1.02. The van der Waals surface area contributed by atoms with Crippen LogP contribution in [0.3, 0.4) is 0 Å². The van der Waals surface area contributed by atoms with Crippen molar-refractivity contribution in [2.45, 2.75) is 32.1 Å². The Labute approximate surface area is 104 Å². The van der Waals surface area contributed by atoms with E-state index in [4.69, 9.17) is 4.74 Å². The third-order valence-electron chi connectivity index (χ3n) is 3.85. The highest BCUT2D eigenvalue weighted by Gasteiger charge is 2.49. The van der Waals surface area contributed by atoms with Gasteiger partial charge in [0, 0.05) is 12.0 Å². The Morgan fingerprint density at radius 3 is 2.18 bits per heavy atom. The molecule has 1 saturated carbocycles. The van der Waals surface area contributed by atoms with Crippen LogP contribution in [0.15, 0.2) is 24.3 Å². The first kappa shape index (κ1) is 12.4. The molecule has 2 heteroatoms. The first-order chi connectivity index (χ1) is 8.01. The van der Waals surface area contributed by atoms with E-state index in [1.54, 1.807) is 7.11 Å². The second-order valence-corrected chi connectivity index (χ2v) is 6.06. The van der Waals surface area contributed by atoms with Gasteiger partial charge in [-0.2, -0.15) is 0 Å². The topological polar surface area (TPSA) is 21.3 Å². The van der Waals surface area contributed by atoms with Crippen LogP contribution in [0.2, 0.25) is 0 Å². The molecule has 1 fully saturated rings. The number of rotatable bonds is 4. The van der Waals surface area contributed by atoms with Crippen LogP contribution in [0.25, 0.3) is 0 Å². The van der Waals surface area contributed by atoms with E-state index in [0.717, 1.165) is 12.3 Å². The number of hydrogen-bond acceptors (Lipinski definition) is 2. The molecular formula is C15H23NO. The van der Waals surface area contributed by atoms with Gasteiger partial charge in [0.15, 0.2) is 0 Å². The summed E-state index contributed by atoms with van der Waals surface area (Å²) < 4.78 is 5.22. The molecule has 1 aromatic carbocycles. The van der Waals surface area contributed by atoms with Crippen LogP contribution in [0.4, 0.5) is 0 Å². The molecule has 94 valence electrons. The molecule has 0 heterocycles. The van der Waals surface area contributed by atoms with Gasteiger partial charge < -0.3 is 10.1 Å². The van der Waals surface area contributed by atoms with Gasteiger partial charge in [-0.05, 0) is 43.0 Å². The Morgan fingerprint density at radius 2 is 1.76 bits per heavy atom. The van der Waals surface area contributed by atoms with Crippen LogP contribution >= 0.6 is 0 Å². The Morgan fingerprint density at radius 1 is 1.18 bits per heavy atom. The monoisotopic (exact) mass is 233 g/mol. The fraction of sp³-hybridized carbons (Fsp3) is 0.600. The van der Waals surface area contributed by atoms with E-state index in [1.807, 2.05) is 7.05 Å². The summed E-state index contributed by atoms with van der Waals surface area (Å²) in [5.74, 6) is 0.937. The maximum atomic E-state index is 5.22. The zero-order valence-corrected chi connectivity index (χ0v) is 11.3. The van der Waals surface area contributed by atoms with Gasteiger partial charge in [0.1, 0.15) is 5.75 Å². The minimum absolute atomic E-state index is 0.324. The van der Waals surface area contributed by atoms with Gasteiger partial charge in [0.2, 0.25) is 0 Å². The van der Waals surface area contributed by atoms with Crippen molar-refractivity contribution in [2.24, 2.45) is 5.41 Å². The lowest BCUT2D eigenvalue weighted by molar-refractivity contribution is 0.0578. The number of likely N-dealkylation sites (N-methyl/N-ethyl adjacent to an activating group) is 1. The van der Waals surface area contributed by atoms with E-state index in [0.29, 0.717) is 10.8 Å². The number of ether oxygens (including phenoxy) is 1. The van der Waals surface area contributed by atoms with Crippen molar-refractivity contribution in [3.05, 3.63) is 29.8 Å². The molecule has 0 aromatic heterocycles. The summed E-state index contributed by atoms with van der Waals surface area (Å²) in [4.78, 5) is 0. The summed E-state index contributed by atoms with van der Waals surface area (Å²) in [6.45, 7) is 5.76. The van der Waals surface area contributed by atoms with Gasteiger partial charge in [-0.3, -0.25) is 0 Å². The molecule has 0 unspecified atom stereocenters. The highest BCUT2D eigenvalue weighted by molar-refractivity contribution is 5.35. The molecule has 0 spiro atoms. The zero-order valence-electron chi connectivity index (χ0n) is 11.3. The summed E-state index contributed by atoms with van der Waals surface area (Å²) in [6.07, 6.45) is 2.51. The number of nitrogens with one attached hydrogen (secondary N) is 1. The van der Waals surface area contributed by atoms with E-state index >= 15 is 0 Å². The average Bonchev–Trinajstić information content (AvgIpc) is 2.27. The second-order valence-electron chi connectivity index (χ2n) is 6.06. The largest absolute Gasteiger partial charge is 0.497 e. The summed E-state index contributed by atoms with van der Waals surface area (Å²) in [5, 5.41) is 3.34. The van der Waals surface area contributed by atoms with Crippen molar-refractivity contribution in [1.82, 2.24) is 5.32 Å². The van der Waals surface area contributed by atoms with Crippen molar-refractivity contribution in [3.8, 4) is 5.75 Å². The molecule has 0 atom stereocenters. The lowest BCUT2D eigenvalue weighted by Gasteiger charge is -2.54. The average molecular weight is 233 g/mol. The fourth-order valence-electron chi connectivity index (χ4n) is 3.49. The molecule has 0 aliphatic heterocycles. The molecule has 2 rings (SSSR count). The fourth-order valence-corrected chi connectivity index (χ4v) is 3.49. The van der Waals surface area contributed by atoms with Gasteiger partial charge in [-0.15, -0.1) is 0 Å². The predicted molar refractivity (Wildman–Crippen MR) is 71.6 cm³/mol. The van der Waals surface area contributed by atoms with Crippen LogP contribution in [-0.2, 0) is 5.41 Å². The Balaban J connectivity index is 2.22. The minimum atomic E-state index is 0.324. The third-order valence-corrected chi connectivity index (χ3v) is 3.85. The quantitative estimate of drug-likeness (QED) is 0.863. The molecule has 1 N–H and O–H groups in total. The van der Waals surface area contributed by atoms with Crippen molar-refractivity contribution < 1.29 is 4.74 Å². The van der Waals surface area contributed by atoms with Crippen molar-refractivity contribution in [3.63, 3.8) is 0 Å². The van der Waals surface area contributed by atoms with Gasteiger partial charge in [0.25, 0.3) is 0 Å². The van der Waals surface area contributed by atoms with Crippen molar-refractivity contribution >= 4 is 0 Å². The molecular weight excluding hydrogens is 210 g/mol. The number of hydrogen-bond donors (Lipinski definition) is 1. The summed E-state index contributed by atoms with van der Waals surface area (Å²) in [5.41, 5.74) is 2.24. The number of benzene rings is 1. The van der Waals surface area contributed by atoms with E-state index < -0.39 is 0 Å². The van der Waals surface area contributed by atoms with Crippen LogP contribution < -0.4 is 10.1 Å². The second kappa shape index (κ2) is 4.34. The Kier molecular flexibility index (Phi) is 3.17. The lowest BCUT2D eigenvalue weighted by Crippen LogP contribution is -2.51. The maximum absolute atomic E-state index is 5.22. The van der Waals surface area contributed by atoms with Crippen LogP contribution in [0.1, 0.15) is 32.3 Å². The molecule has 0 bridgehead atoms. The smallest absolute Gasteiger partial charge is 0.118 e. The molecule has 1 aromatic rings. The van der Waals surface area contributed by atoms with E-state index in [9.17, 15) is 0 Å². The van der Waals surface area contributed by atoms with Crippen molar-refractivity contribution in [2.75, 3.05) is 20.7 Å². The molecule has 17 heavy (non-hydrogen) atoms. The van der Waals surface area contributed by atoms with Crippen LogP contribution in [-0.4, -0.2) is 20.7 Å². The maximum Gasteiger partial charge on any atom is 0.118 e. The van der Waals surface area contributed by atoms with Crippen LogP contribution in [0, 0.1) is 5.41 Å². The van der Waals surface area contributed by atoms with Gasteiger partial charge in [0.05, 0.1) is 7.11 Å². The van der Waals surface area contributed by atoms with Gasteiger partial charge in [-0.25, -0.2) is 0 Å². The SMILES string of the molecule is CNCC1(c2ccc(OC)cc2)CC(C)(C)C1. The minimum Gasteiger partial charge on any atom is -0.497 e. The molecule has 0 saturated heterocycles. The van der Waals surface area contributed by atoms with Crippen molar-refractivity contribution in [1.29, 1.82) is 0 Å². The lowest BCUT2D eigenvalue weighted by atomic mass is 9.52.